The van der Waals surface area contributed by atoms with Crippen LogP contribution in [0.4, 0.5) is 0 Å². The second-order valence-electron chi connectivity index (χ2n) is 4.91. The summed E-state index contributed by atoms with van der Waals surface area (Å²) in [6.07, 6.45) is 3.07. The van der Waals surface area contributed by atoms with Gasteiger partial charge in [-0.15, -0.1) is 23.7 Å². The monoisotopic (exact) mass is 318 g/mol. The van der Waals surface area contributed by atoms with Gasteiger partial charge in [0.15, 0.2) is 0 Å². The molecule has 0 bridgehead atoms. The van der Waals surface area contributed by atoms with Crippen LogP contribution in [0.5, 0.6) is 0 Å². The predicted molar refractivity (Wildman–Crippen MR) is 84.9 cm³/mol. The molecule has 1 fully saturated rings. The molecule has 1 aromatic rings. The van der Waals surface area contributed by atoms with E-state index in [4.69, 9.17) is 10.5 Å². The third kappa shape index (κ3) is 4.74. The van der Waals surface area contributed by atoms with E-state index in [0.29, 0.717) is 12.6 Å². The van der Waals surface area contributed by atoms with Crippen molar-refractivity contribution in [1.82, 2.24) is 4.90 Å². The zero-order chi connectivity index (χ0) is 13.7. The third-order valence-electron chi connectivity index (χ3n) is 3.38. The summed E-state index contributed by atoms with van der Waals surface area (Å²) in [7, 11) is 0. The average molecular weight is 319 g/mol. The van der Waals surface area contributed by atoms with Crippen molar-refractivity contribution in [3.63, 3.8) is 0 Å². The molecule has 114 valence electrons. The van der Waals surface area contributed by atoms with Gasteiger partial charge in [0, 0.05) is 24.6 Å². The standard InChI is InChI=1S/C14H22N2O2S.ClH/c1-11-3-4-13(19-11)14(17)16-8-5-12(6-9-16)18-10-2-7-15;/h3-4,12H,2,5-10,15H2,1H3;1H. The number of aryl methyl sites for hydroxylation is 1. The molecule has 4 nitrogen and oxygen atoms in total. The normalized spacial score (nSPS) is 16.0. The summed E-state index contributed by atoms with van der Waals surface area (Å²) < 4.78 is 5.75. The summed E-state index contributed by atoms with van der Waals surface area (Å²) in [5.74, 6) is 0.165. The summed E-state index contributed by atoms with van der Waals surface area (Å²) in [4.78, 5) is 16.2. The van der Waals surface area contributed by atoms with E-state index >= 15 is 0 Å². The number of carbonyl (C=O) groups is 1. The number of thiophene rings is 1. The van der Waals surface area contributed by atoms with E-state index in [1.807, 2.05) is 24.0 Å². The van der Waals surface area contributed by atoms with Gasteiger partial charge in [0.2, 0.25) is 0 Å². The molecule has 0 unspecified atom stereocenters. The maximum atomic E-state index is 12.3. The van der Waals surface area contributed by atoms with Gasteiger partial charge in [-0.25, -0.2) is 0 Å². The number of rotatable bonds is 5. The minimum absolute atomic E-state index is 0. The van der Waals surface area contributed by atoms with Gasteiger partial charge in [-0.3, -0.25) is 4.79 Å². The fourth-order valence-corrected chi connectivity index (χ4v) is 3.10. The molecule has 20 heavy (non-hydrogen) atoms. The maximum Gasteiger partial charge on any atom is 0.263 e. The molecule has 0 atom stereocenters. The van der Waals surface area contributed by atoms with Crippen LogP contribution in [0, 0.1) is 6.92 Å². The number of nitrogens with zero attached hydrogens (tertiary/aromatic N) is 1. The minimum atomic E-state index is 0. The molecule has 1 amide bonds. The van der Waals surface area contributed by atoms with E-state index in [1.165, 1.54) is 4.88 Å². The Kier molecular flexibility index (Phi) is 7.51. The smallest absolute Gasteiger partial charge is 0.263 e. The lowest BCUT2D eigenvalue weighted by molar-refractivity contribution is 0.00858. The Morgan fingerprint density at radius 3 is 2.70 bits per heavy atom. The third-order valence-corrected chi connectivity index (χ3v) is 4.37. The van der Waals surface area contributed by atoms with Crippen molar-refractivity contribution in [3.05, 3.63) is 21.9 Å². The Bertz CT molecular complexity index is 417. The Morgan fingerprint density at radius 2 is 2.15 bits per heavy atom. The predicted octanol–water partition coefficient (Wildman–Crippen LogP) is 2.45. The first-order chi connectivity index (χ1) is 9.20. The van der Waals surface area contributed by atoms with Gasteiger partial charge >= 0.3 is 0 Å². The zero-order valence-corrected chi connectivity index (χ0v) is 13.5. The number of hydrogen-bond donors (Lipinski definition) is 1. The molecule has 0 saturated carbocycles. The first kappa shape index (κ1) is 17.4. The zero-order valence-electron chi connectivity index (χ0n) is 11.8. The van der Waals surface area contributed by atoms with Crippen molar-refractivity contribution in [2.75, 3.05) is 26.2 Å². The molecule has 0 radical (unpaired) electrons. The molecule has 6 heteroatoms. The fraction of sp³-hybridized carbons (Fsp3) is 0.643. The highest BCUT2D eigenvalue weighted by Crippen LogP contribution is 2.21. The number of nitrogens with two attached hydrogens (primary N) is 1. The lowest BCUT2D eigenvalue weighted by atomic mass is 10.1. The second kappa shape index (κ2) is 8.62. The van der Waals surface area contributed by atoms with E-state index in [0.717, 1.165) is 43.8 Å². The van der Waals surface area contributed by atoms with Gasteiger partial charge < -0.3 is 15.4 Å². The number of piperidine rings is 1. The van der Waals surface area contributed by atoms with Crippen LogP contribution in [0.2, 0.25) is 0 Å². The summed E-state index contributed by atoms with van der Waals surface area (Å²) in [5, 5.41) is 0. The number of carbonyl (C=O) groups excluding carboxylic acids is 1. The number of hydrogen-bond acceptors (Lipinski definition) is 4. The van der Waals surface area contributed by atoms with E-state index in [9.17, 15) is 4.79 Å². The van der Waals surface area contributed by atoms with Gasteiger partial charge in [-0.1, -0.05) is 0 Å². The first-order valence-corrected chi connectivity index (χ1v) is 7.69. The molecule has 0 aliphatic carbocycles. The molecule has 1 aliphatic heterocycles. The van der Waals surface area contributed by atoms with Gasteiger partial charge in [0.1, 0.15) is 0 Å². The van der Waals surface area contributed by atoms with E-state index in [-0.39, 0.29) is 18.3 Å². The van der Waals surface area contributed by atoms with Crippen molar-refractivity contribution in [2.45, 2.75) is 32.3 Å². The van der Waals surface area contributed by atoms with Crippen LogP contribution in [0.1, 0.15) is 33.8 Å². The van der Waals surface area contributed by atoms with E-state index in [2.05, 4.69) is 0 Å². The van der Waals surface area contributed by atoms with Crippen LogP contribution in [0.3, 0.4) is 0 Å². The molecule has 1 aliphatic rings. The highest BCUT2D eigenvalue weighted by Gasteiger charge is 2.24. The van der Waals surface area contributed by atoms with Crippen LogP contribution < -0.4 is 5.73 Å². The quantitative estimate of drug-likeness (QED) is 0.848. The number of amides is 1. The molecule has 2 N–H and O–H groups in total. The molecule has 0 spiro atoms. The lowest BCUT2D eigenvalue weighted by Crippen LogP contribution is -2.40. The first-order valence-electron chi connectivity index (χ1n) is 6.88. The topological polar surface area (TPSA) is 55.6 Å². The molecule has 1 saturated heterocycles. The average Bonchev–Trinajstić information content (AvgIpc) is 2.86. The Hall–Kier alpha value is -0.620. The van der Waals surface area contributed by atoms with Crippen LogP contribution in [-0.2, 0) is 4.74 Å². The van der Waals surface area contributed by atoms with Gasteiger partial charge in [-0.2, -0.15) is 0 Å². The molecular weight excluding hydrogens is 296 g/mol. The van der Waals surface area contributed by atoms with Gasteiger partial charge in [0.25, 0.3) is 5.91 Å². The summed E-state index contributed by atoms with van der Waals surface area (Å²) in [6, 6.07) is 3.92. The fourth-order valence-electron chi connectivity index (χ4n) is 2.26. The van der Waals surface area contributed by atoms with Crippen molar-refractivity contribution in [1.29, 1.82) is 0 Å². The van der Waals surface area contributed by atoms with Crippen LogP contribution in [0.25, 0.3) is 0 Å². The molecule has 2 rings (SSSR count). The highest BCUT2D eigenvalue weighted by molar-refractivity contribution is 7.13. The van der Waals surface area contributed by atoms with Crippen LogP contribution in [0.15, 0.2) is 12.1 Å². The van der Waals surface area contributed by atoms with Crippen LogP contribution in [-0.4, -0.2) is 43.2 Å². The Labute approximate surface area is 130 Å². The molecular formula is C14H23ClN2O2S. The summed E-state index contributed by atoms with van der Waals surface area (Å²) in [5.41, 5.74) is 5.44. The molecule has 1 aromatic heterocycles. The molecule has 2 heterocycles. The number of likely N-dealkylation sites (tertiary alicyclic amines) is 1. The SMILES string of the molecule is Cc1ccc(C(=O)N2CCC(OCCCN)CC2)s1.Cl. The Morgan fingerprint density at radius 1 is 1.45 bits per heavy atom. The maximum absolute atomic E-state index is 12.3. The van der Waals surface area contributed by atoms with E-state index < -0.39 is 0 Å². The largest absolute Gasteiger partial charge is 0.378 e. The van der Waals surface area contributed by atoms with Gasteiger partial charge in [-0.05, 0) is 44.9 Å². The van der Waals surface area contributed by atoms with Crippen molar-refractivity contribution in [2.24, 2.45) is 5.73 Å². The van der Waals surface area contributed by atoms with Crippen LogP contribution >= 0.6 is 23.7 Å². The Balaban J connectivity index is 0.00000200. The number of halogens is 1. The lowest BCUT2D eigenvalue weighted by Gasteiger charge is -2.31. The minimum Gasteiger partial charge on any atom is -0.378 e. The van der Waals surface area contributed by atoms with Crippen molar-refractivity contribution in [3.8, 4) is 0 Å². The highest BCUT2D eigenvalue weighted by atomic mass is 35.5. The second-order valence-corrected chi connectivity index (χ2v) is 6.20. The summed E-state index contributed by atoms with van der Waals surface area (Å²) >= 11 is 1.57. The molecule has 0 aromatic carbocycles. The van der Waals surface area contributed by atoms with Gasteiger partial charge in [0.05, 0.1) is 11.0 Å². The van der Waals surface area contributed by atoms with E-state index in [1.54, 1.807) is 11.3 Å². The summed E-state index contributed by atoms with van der Waals surface area (Å²) in [6.45, 7) is 5.03. The number of ether oxygens (including phenoxy) is 1. The van der Waals surface area contributed by atoms with Crippen molar-refractivity contribution < 1.29 is 9.53 Å². The van der Waals surface area contributed by atoms with Crippen molar-refractivity contribution >= 4 is 29.7 Å².